The highest BCUT2D eigenvalue weighted by Gasteiger charge is 2.52. The van der Waals surface area contributed by atoms with E-state index in [1.165, 1.54) is 109 Å². The largest absolute Gasteiger partial charge is 0.590 e. The number of hydrogen-bond acceptors (Lipinski definition) is 2. The maximum atomic E-state index is 12.0. The minimum absolute atomic E-state index is 0.508. The van der Waals surface area contributed by atoms with Crippen LogP contribution in [0.5, 0.6) is 0 Å². The lowest BCUT2D eigenvalue weighted by Crippen LogP contribution is -2.55. The molecule has 2 atom stereocenters. The van der Waals surface area contributed by atoms with E-state index in [0.29, 0.717) is 10.9 Å². The molecule has 0 saturated heterocycles. The van der Waals surface area contributed by atoms with Gasteiger partial charge < -0.3 is 4.89 Å². The first-order valence-corrected chi connectivity index (χ1v) is 15.7. The third kappa shape index (κ3) is 16.2. The molecule has 34 heavy (non-hydrogen) atoms. The summed E-state index contributed by atoms with van der Waals surface area (Å²) in [6, 6.07) is 0. The quantitative estimate of drug-likeness (QED) is 0.0546. The summed E-state index contributed by atoms with van der Waals surface area (Å²) in [5.74, 6) is 0. The average molecular weight is 497 g/mol. The van der Waals surface area contributed by atoms with Crippen LogP contribution in [-0.4, -0.2) is 30.9 Å². The molecule has 0 bridgehead atoms. The van der Waals surface area contributed by atoms with Crippen molar-refractivity contribution in [1.29, 1.82) is 0 Å². The maximum Gasteiger partial charge on any atom is 0.376 e. The number of hydrogen-bond donors (Lipinski definition) is 0. The molecule has 4 heteroatoms. The standard InChI is InChI=1S/C30H59NO2P/c1-6-8-9-10-11-12-13-14-15-16-17-18-19-20-21-22-23-24-25-26-27-28-29-30(7-2,34(32)33)31(3,4)5/h6,18-19H,1,7-17,20-29H2,2-5H3/q+1/b19-18-. The van der Waals surface area contributed by atoms with Gasteiger partial charge in [-0.25, -0.2) is 0 Å². The summed E-state index contributed by atoms with van der Waals surface area (Å²) in [4.78, 5) is 12.0. The van der Waals surface area contributed by atoms with E-state index in [0.717, 1.165) is 19.3 Å². The SMILES string of the molecule is C=CCCCCCCCCCC/C=C\CCCCCCCCCCC(CC)([P+](=O)[O-])[N+](C)(C)C. The van der Waals surface area contributed by atoms with Gasteiger partial charge >= 0.3 is 8.03 Å². The van der Waals surface area contributed by atoms with Gasteiger partial charge in [-0.1, -0.05) is 107 Å². The molecule has 0 aliphatic rings. The Balaban J connectivity index is 3.49. The number of nitrogens with zero attached hydrogens (tertiary/aromatic N) is 1. The van der Waals surface area contributed by atoms with Gasteiger partial charge in [0.15, 0.2) is 0 Å². The van der Waals surface area contributed by atoms with Gasteiger partial charge in [-0.3, -0.25) is 4.48 Å². The monoisotopic (exact) mass is 496 g/mol. The zero-order valence-corrected chi connectivity index (χ0v) is 24.4. The van der Waals surface area contributed by atoms with Gasteiger partial charge in [0.05, 0.1) is 21.1 Å². The predicted molar refractivity (Wildman–Crippen MR) is 150 cm³/mol. The second kappa shape index (κ2) is 21.8. The van der Waals surface area contributed by atoms with Crippen LogP contribution in [0.1, 0.15) is 142 Å². The Labute approximate surface area is 214 Å². The third-order valence-electron chi connectivity index (χ3n) is 7.55. The Morgan fingerprint density at radius 1 is 0.676 bits per heavy atom. The van der Waals surface area contributed by atoms with Crippen LogP contribution in [0.25, 0.3) is 0 Å². The van der Waals surface area contributed by atoms with Gasteiger partial charge in [0.2, 0.25) is 0 Å². The molecule has 0 spiro atoms. The summed E-state index contributed by atoms with van der Waals surface area (Å²) >= 11 is 0. The molecular formula is C30H59NO2P+. The minimum atomic E-state index is -2.42. The zero-order chi connectivity index (χ0) is 25.5. The Morgan fingerprint density at radius 2 is 1.03 bits per heavy atom. The second-order valence-corrected chi connectivity index (χ2v) is 12.5. The first kappa shape index (κ1) is 33.5. The summed E-state index contributed by atoms with van der Waals surface area (Å²) in [5, 5.41) is -0.603. The number of allylic oxidation sites excluding steroid dienone is 3. The highest BCUT2D eigenvalue weighted by atomic mass is 31.1. The first-order chi connectivity index (χ1) is 16.3. The molecule has 0 amide bonds. The molecule has 0 fully saturated rings. The fourth-order valence-corrected chi connectivity index (χ4v) is 6.12. The van der Waals surface area contributed by atoms with Crippen molar-refractivity contribution in [3.8, 4) is 0 Å². The molecule has 0 aliphatic heterocycles. The molecular weight excluding hydrogens is 437 g/mol. The molecule has 0 saturated carbocycles. The van der Waals surface area contributed by atoms with Gasteiger partial charge in [-0.15, -0.1) is 6.58 Å². The highest BCUT2D eigenvalue weighted by Crippen LogP contribution is 2.44. The summed E-state index contributed by atoms with van der Waals surface area (Å²) in [5.41, 5.74) is 0. The van der Waals surface area contributed by atoms with E-state index in [9.17, 15) is 9.46 Å². The van der Waals surface area contributed by atoms with Crippen LogP contribution < -0.4 is 4.89 Å². The Kier molecular flexibility index (Phi) is 21.4. The Hall–Kier alpha value is -0.500. The van der Waals surface area contributed by atoms with E-state index in [-0.39, 0.29) is 0 Å². The Bertz CT molecular complexity index is 526. The maximum absolute atomic E-state index is 12.0. The van der Waals surface area contributed by atoms with E-state index in [4.69, 9.17) is 0 Å². The molecule has 0 aromatic carbocycles. The smallest absolute Gasteiger partial charge is 0.376 e. The summed E-state index contributed by atoms with van der Waals surface area (Å²) in [6.45, 7) is 5.79. The van der Waals surface area contributed by atoms with E-state index >= 15 is 0 Å². The number of rotatable bonds is 25. The molecule has 0 N–H and O–H groups in total. The third-order valence-corrected chi connectivity index (χ3v) is 9.37. The molecule has 200 valence electrons. The molecule has 0 aromatic heterocycles. The van der Waals surface area contributed by atoms with Gasteiger partial charge in [0.1, 0.15) is 0 Å². The van der Waals surface area contributed by atoms with Gasteiger partial charge in [-0.2, -0.15) is 0 Å². The molecule has 0 radical (unpaired) electrons. The van der Waals surface area contributed by atoms with Crippen LogP contribution in [0.2, 0.25) is 0 Å². The van der Waals surface area contributed by atoms with Crippen molar-refractivity contribution in [2.24, 2.45) is 0 Å². The molecule has 0 aromatic rings. The van der Waals surface area contributed by atoms with E-state index in [2.05, 4.69) is 18.7 Å². The van der Waals surface area contributed by atoms with Crippen molar-refractivity contribution < 1.29 is 13.9 Å². The van der Waals surface area contributed by atoms with Gasteiger partial charge in [0, 0.05) is 12.8 Å². The highest BCUT2D eigenvalue weighted by molar-refractivity contribution is 7.38. The summed E-state index contributed by atoms with van der Waals surface area (Å²) in [7, 11) is 3.62. The molecule has 0 aliphatic carbocycles. The van der Waals surface area contributed by atoms with Crippen molar-refractivity contribution in [1.82, 2.24) is 0 Å². The summed E-state index contributed by atoms with van der Waals surface area (Å²) in [6.07, 6.45) is 33.1. The number of quaternary nitrogens is 1. The first-order valence-electron chi connectivity index (χ1n) is 14.5. The fraction of sp³-hybridized carbons (Fsp3) is 0.867. The average Bonchev–Trinajstić information content (AvgIpc) is 2.78. The van der Waals surface area contributed by atoms with Crippen LogP contribution in [0.15, 0.2) is 24.8 Å². The predicted octanol–water partition coefficient (Wildman–Crippen LogP) is 9.45. The molecule has 0 heterocycles. The van der Waals surface area contributed by atoms with E-state index in [1.807, 2.05) is 34.1 Å². The van der Waals surface area contributed by atoms with Crippen LogP contribution in [-0.2, 0) is 4.57 Å². The van der Waals surface area contributed by atoms with Crippen molar-refractivity contribution in [3.63, 3.8) is 0 Å². The Morgan fingerprint density at radius 3 is 1.35 bits per heavy atom. The minimum Gasteiger partial charge on any atom is -0.590 e. The van der Waals surface area contributed by atoms with Crippen molar-refractivity contribution in [2.45, 2.75) is 147 Å². The topological polar surface area (TPSA) is 40.1 Å². The van der Waals surface area contributed by atoms with Crippen LogP contribution in [0, 0.1) is 0 Å². The van der Waals surface area contributed by atoms with Gasteiger partial charge in [-0.05, 0) is 44.9 Å². The second-order valence-electron chi connectivity index (χ2n) is 11.1. The van der Waals surface area contributed by atoms with Crippen molar-refractivity contribution in [2.75, 3.05) is 21.1 Å². The summed E-state index contributed by atoms with van der Waals surface area (Å²) < 4.78 is 12.5. The lowest BCUT2D eigenvalue weighted by atomic mass is 10.0. The van der Waals surface area contributed by atoms with E-state index in [1.54, 1.807) is 0 Å². The molecule has 0 rings (SSSR count). The molecule has 3 nitrogen and oxygen atoms in total. The van der Waals surface area contributed by atoms with Gasteiger partial charge in [0.25, 0.3) is 5.28 Å². The van der Waals surface area contributed by atoms with Crippen LogP contribution in [0.4, 0.5) is 0 Å². The zero-order valence-electron chi connectivity index (χ0n) is 23.5. The van der Waals surface area contributed by atoms with E-state index < -0.39 is 13.3 Å². The normalized spacial score (nSPS) is 14.4. The van der Waals surface area contributed by atoms with Crippen LogP contribution in [0.3, 0.4) is 0 Å². The molecule has 2 unspecified atom stereocenters. The lowest BCUT2D eigenvalue weighted by molar-refractivity contribution is -0.910. The van der Waals surface area contributed by atoms with Crippen molar-refractivity contribution in [3.05, 3.63) is 24.8 Å². The lowest BCUT2D eigenvalue weighted by Gasteiger charge is -2.39. The van der Waals surface area contributed by atoms with Crippen molar-refractivity contribution >= 4 is 8.03 Å². The fourth-order valence-electron chi connectivity index (χ4n) is 5.03. The van der Waals surface area contributed by atoms with Crippen LogP contribution >= 0.6 is 8.03 Å². The number of unbranched alkanes of at least 4 members (excludes halogenated alkanes) is 17.